The van der Waals surface area contributed by atoms with Crippen molar-refractivity contribution in [3.05, 3.63) is 95.1 Å². The maximum atomic E-state index is 12.6. The van der Waals surface area contributed by atoms with Gasteiger partial charge in [-0.15, -0.1) is 0 Å². The van der Waals surface area contributed by atoms with Crippen LogP contribution in [0.25, 0.3) is 11.1 Å². The Kier molecular flexibility index (Phi) is 10.2. The van der Waals surface area contributed by atoms with Crippen molar-refractivity contribution in [2.75, 3.05) is 27.4 Å². The van der Waals surface area contributed by atoms with Gasteiger partial charge in [-0.05, 0) is 96.2 Å². The lowest BCUT2D eigenvalue weighted by Crippen LogP contribution is -2.28. The van der Waals surface area contributed by atoms with E-state index in [1.54, 1.807) is 26.4 Å². The fraction of sp³-hybridized carbons (Fsp3) is 0.371. The molecule has 0 atom stereocenters. The monoisotopic (exact) mass is 556 g/mol. The number of rotatable bonds is 10. The third kappa shape index (κ3) is 8.97. The van der Waals surface area contributed by atoms with Crippen LogP contribution in [0, 0.1) is 5.41 Å². The summed E-state index contributed by atoms with van der Waals surface area (Å²) >= 11 is 0. The van der Waals surface area contributed by atoms with Crippen LogP contribution < -0.4 is 9.47 Å². The van der Waals surface area contributed by atoms with Crippen molar-refractivity contribution in [1.29, 1.82) is 0 Å². The summed E-state index contributed by atoms with van der Waals surface area (Å²) in [6, 6.07) is 15.9. The van der Waals surface area contributed by atoms with E-state index in [0.29, 0.717) is 0 Å². The molecular formula is C35H40O6. The van der Waals surface area contributed by atoms with Crippen LogP contribution in [0.1, 0.15) is 63.5 Å². The van der Waals surface area contributed by atoms with Crippen molar-refractivity contribution >= 4 is 23.1 Å². The maximum Gasteiger partial charge on any atom is 0.331 e. The molecule has 216 valence electrons. The zero-order valence-electron chi connectivity index (χ0n) is 24.5. The van der Waals surface area contributed by atoms with Gasteiger partial charge in [-0.2, -0.15) is 0 Å². The zero-order chi connectivity index (χ0) is 29.2. The van der Waals surface area contributed by atoms with E-state index in [9.17, 15) is 9.59 Å². The molecule has 2 aromatic rings. The predicted octanol–water partition coefficient (Wildman–Crippen LogP) is 7.50. The third-order valence-electron chi connectivity index (χ3n) is 7.28. The van der Waals surface area contributed by atoms with Gasteiger partial charge in [0.25, 0.3) is 0 Å². The summed E-state index contributed by atoms with van der Waals surface area (Å²) in [4.78, 5) is 25.2. The number of ether oxygens (including phenoxy) is 4. The highest BCUT2D eigenvalue weighted by molar-refractivity contribution is 5.85. The van der Waals surface area contributed by atoms with E-state index in [2.05, 4.69) is 12.2 Å². The van der Waals surface area contributed by atoms with E-state index in [4.69, 9.17) is 18.9 Å². The molecule has 41 heavy (non-hydrogen) atoms. The van der Waals surface area contributed by atoms with Crippen LogP contribution in [-0.2, 0) is 19.1 Å². The molecule has 0 fully saturated rings. The van der Waals surface area contributed by atoms with Crippen molar-refractivity contribution < 1.29 is 28.5 Å². The number of benzene rings is 2. The minimum Gasteiger partial charge on any atom is -0.497 e. The second-order valence-electron chi connectivity index (χ2n) is 11.3. The smallest absolute Gasteiger partial charge is 0.331 e. The van der Waals surface area contributed by atoms with Gasteiger partial charge in [0.1, 0.15) is 11.5 Å². The lowest BCUT2D eigenvalue weighted by Gasteiger charge is -2.23. The first-order chi connectivity index (χ1) is 19.7. The molecule has 0 saturated carbocycles. The van der Waals surface area contributed by atoms with Gasteiger partial charge in [0.15, 0.2) is 0 Å². The highest BCUT2D eigenvalue weighted by Crippen LogP contribution is 2.32. The fourth-order valence-electron chi connectivity index (χ4n) is 4.96. The summed E-state index contributed by atoms with van der Waals surface area (Å²) in [5, 5.41) is 0. The quantitative estimate of drug-likeness (QED) is 0.223. The van der Waals surface area contributed by atoms with Gasteiger partial charge in [0.2, 0.25) is 0 Å². The van der Waals surface area contributed by atoms with Crippen LogP contribution in [0.2, 0.25) is 0 Å². The van der Waals surface area contributed by atoms with Crippen LogP contribution in [-0.4, -0.2) is 39.4 Å². The van der Waals surface area contributed by atoms with Crippen molar-refractivity contribution in [3.63, 3.8) is 0 Å². The molecule has 0 heterocycles. The molecule has 0 saturated heterocycles. The van der Waals surface area contributed by atoms with Gasteiger partial charge in [0, 0.05) is 17.6 Å². The number of hydrogen-bond acceptors (Lipinski definition) is 6. The minimum absolute atomic E-state index is 0.149. The number of methoxy groups -OCH3 is 2. The summed E-state index contributed by atoms with van der Waals surface area (Å²) in [6.07, 6.45) is 12.8. The van der Waals surface area contributed by atoms with Crippen LogP contribution in [0.5, 0.6) is 11.5 Å². The Morgan fingerprint density at radius 2 is 1.05 bits per heavy atom. The molecule has 2 aromatic carbocycles. The Hall–Kier alpha value is -4.06. The van der Waals surface area contributed by atoms with Crippen LogP contribution in [0.15, 0.2) is 84.0 Å². The number of allylic oxidation sites excluding steroid dienone is 6. The van der Waals surface area contributed by atoms with E-state index in [1.807, 2.05) is 62.4 Å². The van der Waals surface area contributed by atoms with Crippen LogP contribution >= 0.6 is 0 Å². The molecule has 0 aromatic heterocycles. The summed E-state index contributed by atoms with van der Waals surface area (Å²) in [6.45, 7) is 4.13. The second-order valence-corrected chi connectivity index (χ2v) is 11.3. The molecule has 0 N–H and O–H groups in total. The molecule has 4 rings (SSSR count). The normalized spacial score (nSPS) is 17.5. The summed E-state index contributed by atoms with van der Waals surface area (Å²) in [7, 11) is 3.30. The minimum atomic E-state index is -0.518. The topological polar surface area (TPSA) is 71.1 Å². The molecule has 0 spiro atoms. The SMILES string of the molecule is COc1ccc(C2=C/C(=C/C(=O)OCC(C)(C)COC(=O)/C=C3/C=C(c4ccc(OC)cc4)CCC3)CCC2)cc1. The second kappa shape index (κ2) is 14.0. The largest absolute Gasteiger partial charge is 0.497 e. The van der Waals surface area contributed by atoms with Gasteiger partial charge >= 0.3 is 11.9 Å². The zero-order valence-corrected chi connectivity index (χ0v) is 24.5. The first-order valence-corrected chi connectivity index (χ1v) is 14.2. The molecule has 0 radical (unpaired) electrons. The molecule has 6 heteroatoms. The molecule has 0 unspecified atom stereocenters. The van der Waals surface area contributed by atoms with Crippen LogP contribution in [0.3, 0.4) is 0 Å². The van der Waals surface area contributed by atoms with Gasteiger partial charge in [-0.3, -0.25) is 0 Å². The Labute approximate surface area is 243 Å². The van der Waals surface area contributed by atoms with Crippen molar-refractivity contribution in [2.45, 2.75) is 52.4 Å². The highest BCUT2D eigenvalue weighted by Gasteiger charge is 2.23. The van der Waals surface area contributed by atoms with Crippen LogP contribution in [0.4, 0.5) is 0 Å². The third-order valence-corrected chi connectivity index (χ3v) is 7.28. The molecule has 0 aliphatic heterocycles. The van der Waals surface area contributed by atoms with Crippen molar-refractivity contribution in [3.8, 4) is 11.5 Å². The van der Waals surface area contributed by atoms with Crippen molar-refractivity contribution in [2.24, 2.45) is 5.41 Å². The first kappa shape index (κ1) is 29.9. The molecule has 2 aliphatic carbocycles. The van der Waals surface area contributed by atoms with Crippen molar-refractivity contribution in [1.82, 2.24) is 0 Å². The van der Waals surface area contributed by atoms with E-state index < -0.39 is 5.41 Å². The molecular weight excluding hydrogens is 516 g/mol. The Bertz CT molecular complexity index is 1240. The average molecular weight is 557 g/mol. The molecule has 2 aliphatic rings. The number of esters is 2. The predicted molar refractivity (Wildman–Crippen MR) is 162 cm³/mol. The number of carbonyl (C=O) groups is 2. The number of hydrogen-bond donors (Lipinski definition) is 0. The summed E-state index contributed by atoms with van der Waals surface area (Å²) < 4.78 is 21.6. The lowest BCUT2D eigenvalue weighted by molar-refractivity contribution is -0.146. The van der Waals surface area contributed by atoms with Gasteiger partial charge in [-0.1, -0.05) is 50.3 Å². The lowest BCUT2D eigenvalue weighted by atomic mass is 9.90. The van der Waals surface area contributed by atoms with E-state index in [1.165, 1.54) is 11.1 Å². The number of carbonyl (C=O) groups excluding carboxylic acids is 2. The maximum absolute atomic E-state index is 12.6. The highest BCUT2D eigenvalue weighted by atomic mass is 16.5. The van der Waals surface area contributed by atoms with Gasteiger partial charge in [-0.25, -0.2) is 9.59 Å². The van der Waals surface area contributed by atoms with Gasteiger partial charge in [0.05, 0.1) is 27.4 Å². The standard InChI is InChI=1S/C35H40O6/c1-35(2,23-40-33(36)21-25-7-5-9-29(19-25)27-11-15-31(38-3)16-12-27)24-41-34(37)22-26-8-6-10-30(20-26)28-13-17-32(39-4)18-14-28/h11-22H,5-10,23-24H2,1-4H3/b25-21+,26-22+. The summed E-state index contributed by atoms with van der Waals surface area (Å²) in [5.41, 5.74) is 6.04. The Morgan fingerprint density at radius 1 is 0.659 bits per heavy atom. The Morgan fingerprint density at radius 3 is 1.41 bits per heavy atom. The Balaban J connectivity index is 1.28. The fourth-order valence-corrected chi connectivity index (χ4v) is 4.96. The molecule has 6 nitrogen and oxygen atoms in total. The van der Waals surface area contributed by atoms with E-state index in [-0.39, 0.29) is 25.2 Å². The summed E-state index contributed by atoms with van der Waals surface area (Å²) in [5.74, 6) is 0.873. The first-order valence-electron chi connectivity index (χ1n) is 14.2. The van der Waals surface area contributed by atoms with Gasteiger partial charge < -0.3 is 18.9 Å². The van der Waals surface area contributed by atoms with E-state index >= 15 is 0 Å². The molecule has 0 amide bonds. The molecule has 0 bridgehead atoms. The van der Waals surface area contributed by atoms with E-state index in [0.717, 1.165) is 72.3 Å². The average Bonchev–Trinajstić information content (AvgIpc) is 2.99.